The lowest BCUT2D eigenvalue weighted by Gasteiger charge is -2.09. The third kappa shape index (κ3) is 3.56. The second-order valence-electron chi connectivity index (χ2n) is 4.04. The zero-order chi connectivity index (χ0) is 13.5. The quantitative estimate of drug-likeness (QED) is 0.341. The molecule has 0 amide bonds. The van der Waals surface area contributed by atoms with Gasteiger partial charge in [-0.3, -0.25) is 10.4 Å². The third-order valence-corrected chi connectivity index (χ3v) is 2.71. The van der Waals surface area contributed by atoms with Gasteiger partial charge < -0.3 is 5.32 Å². The molecule has 0 spiro atoms. The van der Waals surface area contributed by atoms with Crippen molar-refractivity contribution >= 4 is 11.6 Å². The number of hydrogen-bond donors (Lipinski definition) is 3. The van der Waals surface area contributed by atoms with Crippen LogP contribution >= 0.6 is 0 Å². The lowest BCUT2D eigenvalue weighted by molar-refractivity contribution is 0.986. The zero-order valence-electron chi connectivity index (χ0n) is 10.9. The fourth-order valence-corrected chi connectivity index (χ4v) is 1.79. The second-order valence-corrected chi connectivity index (χ2v) is 4.04. The van der Waals surface area contributed by atoms with E-state index in [9.17, 15) is 0 Å². The van der Waals surface area contributed by atoms with E-state index in [1.165, 1.54) is 11.1 Å². The molecule has 4 heteroatoms. The van der Waals surface area contributed by atoms with Crippen LogP contribution in [0.25, 0.3) is 11.1 Å². The van der Waals surface area contributed by atoms with Crippen LogP contribution in [0.1, 0.15) is 6.92 Å². The summed E-state index contributed by atoms with van der Waals surface area (Å²) >= 11 is 0. The first-order valence-electron chi connectivity index (χ1n) is 6.27. The van der Waals surface area contributed by atoms with E-state index in [1.54, 1.807) is 0 Å². The Bertz CT molecular complexity index is 532. The van der Waals surface area contributed by atoms with Crippen LogP contribution in [0.2, 0.25) is 0 Å². The molecular formula is C15H18N4. The monoisotopic (exact) mass is 254 g/mol. The average Bonchev–Trinajstić information content (AvgIpc) is 2.48. The number of nitrogens with two attached hydrogens (primary N) is 1. The summed E-state index contributed by atoms with van der Waals surface area (Å²) in [4.78, 5) is 4.19. The Morgan fingerprint density at radius 3 is 2.21 bits per heavy atom. The molecule has 0 aliphatic rings. The van der Waals surface area contributed by atoms with Gasteiger partial charge in [0.25, 0.3) is 0 Å². The number of benzene rings is 2. The van der Waals surface area contributed by atoms with Crippen molar-refractivity contribution in [1.82, 2.24) is 5.43 Å². The van der Waals surface area contributed by atoms with Gasteiger partial charge in [-0.15, -0.1) is 0 Å². The summed E-state index contributed by atoms with van der Waals surface area (Å²) in [5, 5.41) is 3.12. The fourth-order valence-electron chi connectivity index (χ4n) is 1.79. The molecule has 4 N–H and O–H groups in total. The molecule has 0 aliphatic carbocycles. The van der Waals surface area contributed by atoms with Gasteiger partial charge in [-0.2, -0.15) is 0 Å². The van der Waals surface area contributed by atoms with Crippen LogP contribution in [0.3, 0.4) is 0 Å². The summed E-state index contributed by atoms with van der Waals surface area (Å²) in [5.74, 6) is 5.95. The zero-order valence-corrected chi connectivity index (χ0v) is 10.9. The van der Waals surface area contributed by atoms with Crippen LogP contribution < -0.4 is 16.6 Å². The molecule has 0 saturated carbocycles. The topological polar surface area (TPSA) is 62.4 Å². The summed E-state index contributed by atoms with van der Waals surface area (Å²) in [7, 11) is 0. The van der Waals surface area contributed by atoms with Gasteiger partial charge in [0.1, 0.15) is 0 Å². The maximum atomic E-state index is 5.38. The van der Waals surface area contributed by atoms with Crippen LogP contribution in [0.5, 0.6) is 0 Å². The minimum Gasteiger partial charge on any atom is -0.325 e. The van der Waals surface area contributed by atoms with Gasteiger partial charge >= 0.3 is 0 Å². The predicted molar refractivity (Wildman–Crippen MR) is 80.8 cm³/mol. The summed E-state index contributed by atoms with van der Waals surface area (Å²) in [6.45, 7) is 2.63. The van der Waals surface area contributed by atoms with Crippen LogP contribution in [-0.2, 0) is 0 Å². The molecule has 0 aromatic heterocycles. The Balaban J connectivity index is 2.13. The Morgan fingerprint density at radius 1 is 1.00 bits per heavy atom. The lowest BCUT2D eigenvalue weighted by atomic mass is 10.1. The van der Waals surface area contributed by atoms with Gasteiger partial charge in [-0.25, -0.2) is 5.84 Å². The first-order valence-corrected chi connectivity index (χ1v) is 6.27. The summed E-state index contributed by atoms with van der Waals surface area (Å²) < 4.78 is 0. The van der Waals surface area contributed by atoms with Crippen molar-refractivity contribution in [2.24, 2.45) is 10.8 Å². The van der Waals surface area contributed by atoms with Crippen LogP contribution in [0.4, 0.5) is 5.69 Å². The van der Waals surface area contributed by atoms with Gasteiger partial charge in [0.15, 0.2) is 0 Å². The molecule has 2 aromatic carbocycles. The minimum absolute atomic E-state index is 0.565. The maximum Gasteiger partial charge on any atom is 0.210 e. The van der Waals surface area contributed by atoms with Crippen molar-refractivity contribution in [3.8, 4) is 11.1 Å². The van der Waals surface area contributed by atoms with Crippen molar-refractivity contribution in [3.63, 3.8) is 0 Å². The summed E-state index contributed by atoms with van der Waals surface area (Å²) in [5.41, 5.74) is 5.87. The van der Waals surface area contributed by atoms with Gasteiger partial charge in [0.2, 0.25) is 5.96 Å². The molecule has 0 radical (unpaired) electrons. The Hall–Kier alpha value is -2.33. The molecular weight excluding hydrogens is 236 g/mol. The highest BCUT2D eigenvalue weighted by atomic mass is 15.3. The molecule has 0 bridgehead atoms. The van der Waals surface area contributed by atoms with E-state index in [1.807, 2.05) is 37.3 Å². The van der Waals surface area contributed by atoms with Gasteiger partial charge in [0.05, 0.1) is 0 Å². The number of guanidine groups is 1. The summed E-state index contributed by atoms with van der Waals surface area (Å²) in [6, 6.07) is 18.4. The molecule has 2 aromatic rings. The molecule has 98 valence electrons. The third-order valence-electron chi connectivity index (χ3n) is 2.71. The lowest BCUT2D eigenvalue weighted by Crippen LogP contribution is -2.36. The number of hydrogen-bond acceptors (Lipinski definition) is 2. The van der Waals surface area contributed by atoms with Crippen molar-refractivity contribution in [2.45, 2.75) is 6.92 Å². The largest absolute Gasteiger partial charge is 0.325 e. The second kappa shape index (κ2) is 6.56. The first kappa shape index (κ1) is 13.1. The Kier molecular flexibility index (Phi) is 4.53. The number of anilines is 1. The number of nitrogens with zero attached hydrogens (tertiary/aromatic N) is 1. The van der Waals surface area contributed by atoms with Crippen molar-refractivity contribution < 1.29 is 0 Å². The van der Waals surface area contributed by atoms with E-state index in [4.69, 9.17) is 5.84 Å². The predicted octanol–water partition coefficient (Wildman–Crippen LogP) is 2.60. The SMILES string of the molecule is CCN=C(NN)Nc1ccc(-c2ccccc2)cc1. The molecule has 2 rings (SSSR count). The van der Waals surface area contributed by atoms with E-state index >= 15 is 0 Å². The number of aliphatic imine (C=N–C) groups is 1. The van der Waals surface area contributed by atoms with Gasteiger partial charge in [-0.05, 0) is 30.2 Å². The smallest absolute Gasteiger partial charge is 0.210 e. The summed E-state index contributed by atoms with van der Waals surface area (Å²) in [6.07, 6.45) is 0. The molecule has 0 atom stereocenters. The number of nitrogens with one attached hydrogen (secondary N) is 2. The number of rotatable bonds is 3. The van der Waals surface area contributed by atoms with Crippen LogP contribution in [0.15, 0.2) is 59.6 Å². The molecule has 4 nitrogen and oxygen atoms in total. The highest BCUT2D eigenvalue weighted by molar-refractivity contribution is 5.93. The average molecular weight is 254 g/mol. The van der Waals surface area contributed by atoms with Crippen molar-refractivity contribution in [2.75, 3.05) is 11.9 Å². The Labute approximate surface area is 113 Å². The van der Waals surface area contributed by atoms with E-state index in [0.29, 0.717) is 12.5 Å². The molecule has 0 fully saturated rings. The minimum atomic E-state index is 0.565. The normalized spacial score (nSPS) is 11.2. The number of hydrazine groups is 1. The molecule has 19 heavy (non-hydrogen) atoms. The molecule has 0 unspecified atom stereocenters. The highest BCUT2D eigenvalue weighted by Gasteiger charge is 1.99. The van der Waals surface area contributed by atoms with E-state index < -0.39 is 0 Å². The molecule has 0 heterocycles. The van der Waals surface area contributed by atoms with E-state index in [-0.39, 0.29) is 0 Å². The van der Waals surface area contributed by atoms with Gasteiger partial charge in [-0.1, -0.05) is 42.5 Å². The van der Waals surface area contributed by atoms with E-state index in [0.717, 1.165) is 5.69 Å². The maximum absolute atomic E-state index is 5.38. The molecule has 0 saturated heterocycles. The van der Waals surface area contributed by atoms with Crippen LogP contribution in [0, 0.1) is 0 Å². The van der Waals surface area contributed by atoms with E-state index in [2.05, 4.69) is 40.0 Å². The van der Waals surface area contributed by atoms with Crippen LogP contribution in [-0.4, -0.2) is 12.5 Å². The fraction of sp³-hybridized carbons (Fsp3) is 0.133. The van der Waals surface area contributed by atoms with Crippen molar-refractivity contribution in [1.29, 1.82) is 0 Å². The van der Waals surface area contributed by atoms with Gasteiger partial charge in [0, 0.05) is 12.2 Å². The first-order chi connectivity index (χ1) is 9.33. The highest BCUT2D eigenvalue weighted by Crippen LogP contribution is 2.20. The van der Waals surface area contributed by atoms with Crippen molar-refractivity contribution in [3.05, 3.63) is 54.6 Å². The molecule has 0 aliphatic heterocycles. The standard InChI is InChI=1S/C15H18N4/c1-2-17-15(19-16)18-14-10-8-13(9-11-14)12-6-4-3-5-7-12/h3-11H,2,16H2,1H3,(H2,17,18,19). The Morgan fingerprint density at radius 2 is 1.63 bits per heavy atom.